The molecule has 0 aliphatic carbocycles. The first-order chi connectivity index (χ1) is 9.85. The fourth-order valence-electron chi connectivity index (χ4n) is 1.78. The van der Waals surface area contributed by atoms with E-state index in [1.54, 1.807) is 12.1 Å². The van der Waals surface area contributed by atoms with Crippen LogP contribution in [0.25, 0.3) is 0 Å². The highest BCUT2D eigenvalue weighted by Crippen LogP contribution is 2.29. The van der Waals surface area contributed by atoms with E-state index in [9.17, 15) is 14.7 Å². The Hall–Kier alpha value is -1.30. The number of rotatable bonds is 5. The summed E-state index contributed by atoms with van der Waals surface area (Å²) in [7, 11) is 0. The Morgan fingerprint density at radius 2 is 1.90 bits per heavy atom. The van der Waals surface area contributed by atoms with Gasteiger partial charge >= 0.3 is 11.8 Å². The third-order valence-electron chi connectivity index (χ3n) is 2.72. The molecule has 0 heterocycles. The molecule has 0 bridgehead atoms. The molecule has 0 radical (unpaired) electrons. The van der Waals surface area contributed by atoms with Crippen LogP contribution in [0, 0.1) is 5.92 Å². The van der Waals surface area contributed by atoms with Gasteiger partial charge in [0, 0.05) is 0 Å². The lowest BCUT2D eigenvalue weighted by Gasteiger charge is -2.18. The molecule has 0 saturated heterocycles. The number of aliphatic hydroxyl groups excluding tert-OH is 1. The van der Waals surface area contributed by atoms with Gasteiger partial charge in [-0.1, -0.05) is 43.1 Å². The van der Waals surface area contributed by atoms with Crippen LogP contribution in [-0.2, 0) is 9.59 Å². The zero-order valence-corrected chi connectivity index (χ0v) is 13.3. The van der Waals surface area contributed by atoms with Crippen molar-refractivity contribution in [2.75, 3.05) is 11.9 Å². The summed E-state index contributed by atoms with van der Waals surface area (Å²) in [5.41, 5.74) is 0.258. The standard InChI is InChI=1S/C14H18Cl2N2O3/c1-8(2)6-9(7-19)17-13(20)14(21)18-11-5-3-4-10(15)12(11)16/h3-5,8-9,19H,6-7H2,1-2H3,(H,17,20)(H,18,21). The quantitative estimate of drug-likeness (QED) is 0.724. The highest BCUT2D eigenvalue weighted by molar-refractivity contribution is 6.45. The molecule has 1 unspecified atom stereocenters. The molecule has 1 aromatic carbocycles. The largest absolute Gasteiger partial charge is 0.394 e. The Kier molecular flexibility index (Phi) is 6.95. The van der Waals surface area contributed by atoms with Crippen LogP contribution in [0.4, 0.5) is 5.69 Å². The van der Waals surface area contributed by atoms with Crippen LogP contribution < -0.4 is 10.6 Å². The number of aliphatic hydroxyl groups is 1. The van der Waals surface area contributed by atoms with E-state index in [2.05, 4.69) is 10.6 Å². The molecule has 7 heteroatoms. The number of carbonyl (C=O) groups is 2. The summed E-state index contributed by atoms with van der Waals surface area (Å²) in [5, 5.41) is 14.5. The fraction of sp³-hybridized carbons (Fsp3) is 0.429. The summed E-state index contributed by atoms with van der Waals surface area (Å²) in [6, 6.07) is 4.26. The molecule has 0 fully saturated rings. The van der Waals surface area contributed by atoms with E-state index in [-0.39, 0.29) is 28.3 Å². The molecule has 0 spiro atoms. The van der Waals surface area contributed by atoms with Gasteiger partial charge < -0.3 is 15.7 Å². The summed E-state index contributed by atoms with van der Waals surface area (Å²) in [4.78, 5) is 23.6. The van der Waals surface area contributed by atoms with Gasteiger partial charge in [-0.3, -0.25) is 9.59 Å². The van der Waals surface area contributed by atoms with Crippen LogP contribution in [0.5, 0.6) is 0 Å². The summed E-state index contributed by atoms with van der Waals surface area (Å²) in [6.45, 7) is 3.69. The molecule has 1 rings (SSSR count). The van der Waals surface area contributed by atoms with Crippen molar-refractivity contribution >= 4 is 40.7 Å². The van der Waals surface area contributed by atoms with Crippen LogP contribution >= 0.6 is 23.2 Å². The topological polar surface area (TPSA) is 78.4 Å². The van der Waals surface area contributed by atoms with Crippen molar-refractivity contribution in [1.82, 2.24) is 5.32 Å². The molecule has 1 atom stereocenters. The van der Waals surface area contributed by atoms with Crippen LogP contribution in [0.3, 0.4) is 0 Å². The van der Waals surface area contributed by atoms with Crippen molar-refractivity contribution in [3.8, 4) is 0 Å². The third kappa shape index (κ3) is 5.53. The van der Waals surface area contributed by atoms with Gasteiger partial charge in [-0.2, -0.15) is 0 Å². The predicted molar refractivity (Wildman–Crippen MR) is 83.6 cm³/mol. The first kappa shape index (κ1) is 17.8. The van der Waals surface area contributed by atoms with Crippen LogP contribution in [0.1, 0.15) is 20.3 Å². The second-order valence-corrected chi connectivity index (χ2v) is 5.82. The molecule has 3 N–H and O–H groups in total. The van der Waals surface area contributed by atoms with Gasteiger partial charge in [0.05, 0.1) is 28.4 Å². The predicted octanol–water partition coefficient (Wildman–Crippen LogP) is 2.46. The van der Waals surface area contributed by atoms with Crippen molar-refractivity contribution in [3.63, 3.8) is 0 Å². The van der Waals surface area contributed by atoms with Gasteiger partial charge in [-0.05, 0) is 24.5 Å². The van der Waals surface area contributed by atoms with E-state index in [0.29, 0.717) is 6.42 Å². The smallest absolute Gasteiger partial charge is 0.313 e. The molecule has 0 saturated carbocycles. The maximum absolute atomic E-state index is 11.8. The Balaban J connectivity index is 2.66. The van der Waals surface area contributed by atoms with Gasteiger partial charge in [0.1, 0.15) is 0 Å². The zero-order valence-electron chi connectivity index (χ0n) is 11.8. The summed E-state index contributed by atoms with van der Waals surface area (Å²) >= 11 is 11.7. The van der Waals surface area contributed by atoms with Crippen molar-refractivity contribution in [3.05, 3.63) is 28.2 Å². The molecule has 2 amide bonds. The molecule has 116 valence electrons. The minimum absolute atomic E-state index is 0.168. The molecule has 1 aromatic rings. The first-order valence-corrected chi connectivity index (χ1v) is 7.27. The highest BCUT2D eigenvalue weighted by atomic mass is 35.5. The Morgan fingerprint density at radius 1 is 1.24 bits per heavy atom. The number of benzene rings is 1. The Labute approximate surface area is 133 Å². The first-order valence-electron chi connectivity index (χ1n) is 6.51. The van der Waals surface area contributed by atoms with E-state index in [4.69, 9.17) is 23.2 Å². The molecule has 0 aromatic heterocycles. The normalized spacial score (nSPS) is 12.1. The van der Waals surface area contributed by atoms with E-state index in [1.165, 1.54) is 6.07 Å². The molecular weight excluding hydrogens is 315 g/mol. The van der Waals surface area contributed by atoms with Crippen LogP contribution in [0.2, 0.25) is 10.0 Å². The number of carbonyl (C=O) groups excluding carboxylic acids is 2. The number of anilines is 1. The summed E-state index contributed by atoms with van der Waals surface area (Å²) in [5.74, 6) is -1.40. The van der Waals surface area contributed by atoms with Gasteiger partial charge in [-0.25, -0.2) is 0 Å². The van der Waals surface area contributed by atoms with E-state index >= 15 is 0 Å². The highest BCUT2D eigenvalue weighted by Gasteiger charge is 2.20. The number of hydrogen-bond acceptors (Lipinski definition) is 3. The fourth-order valence-corrected chi connectivity index (χ4v) is 2.13. The number of nitrogens with one attached hydrogen (secondary N) is 2. The lowest BCUT2D eigenvalue weighted by atomic mass is 10.0. The molecule has 5 nitrogen and oxygen atoms in total. The minimum atomic E-state index is -0.860. The van der Waals surface area contributed by atoms with Crippen molar-refractivity contribution < 1.29 is 14.7 Å². The Morgan fingerprint density at radius 3 is 2.48 bits per heavy atom. The van der Waals surface area contributed by atoms with Crippen LogP contribution in [0.15, 0.2) is 18.2 Å². The number of hydrogen-bond donors (Lipinski definition) is 3. The average Bonchev–Trinajstić information content (AvgIpc) is 2.42. The van der Waals surface area contributed by atoms with Gasteiger partial charge in [0.25, 0.3) is 0 Å². The minimum Gasteiger partial charge on any atom is -0.394 e. The van der Waals surface area contributed by atoms with E-state index in [0.717, 1.165) is 0 Å². The molecule has 21 heavy (non-hydrogen) atoms. The second kappa shape index (κ2) is 8.22. The molecule has 0 aliphatic heterocycles. The maximum Gasteiger partial charge on any atom is 0.313 e. The van der Waals surface area contributed by atoms with Crippen molar-refractivity contribution in [2.45, 2.75) is 26.3 Å². The Bertz CT molecular complexity index is 521. The second-order valence-electron chi connectivity index (χ2n) is 5.04. The van der Waals surface area contributed by atoms with E-state index < -0.39 is 17.9 Å². The molecular formula is C14H18Cl2N2O3. The maximum atomic E-state index is 11.8. The molecule has 0 aliphatic rings. The van der Waals surface area contributed by atoms with Gasteiger partial charge in [0.15, 0.2) is 0 Å². The summed E-state index contributed by atoms with van der Waals surface area (Å²) < 4.78 is 0. The number of amides is 2. The third-order valence-corrected chi connectivity index (χ3v) is 3.54. The van der Waals surface area contributed by atoms with Gasteiger partial charge in [-0.15, -0.1) is 0 Å². The lowest BCUT2D eigenvalue weighted by molar-refractivity contribution is -0.136. The monoisotopic (exact) mass is 332 g/mol. The van der Waals surface area contributed by atoms with Crippen molar-refractivity contribution in [1.29, 1.82) is 0 Å². The van der Waals surface area contributed by atoms with Gasteiger partial charge in [0.2, 0.25) is 0 Å². The van der Waals surface area contributed by atoms with E-state index in [1.807, 2.05) is 13.8 Å². The van der Waals surface area contributed by atoms with Crippen molar-refractivity contribution in [2.24, 2.45) is 5.92 Å². The number of halogens is 2. The average molecular weight is 333 g/mol. The lowest BCUT2D eigenvalue weighted by Crippen LogP contribution is -2.44. The summed E-state index contributed by atoms with van der Waals surface area (Å²) in [6.07, 6.45) is 0.577. The zero-order chi connectivity index (χ0) is 16.0. The SMILES string of the molecule is CC(C)CC(CO)NC(=O)C(=O)Nc1cccc(Cl)c1Cl. The van der Waals surface area contributed by atoms with Crippen LogP contribution in [-0.4, -0.2) is 29.6 Å².